The Morgan fingerprint density at radius 3 is 2.23 bits per heavy atom. The summed E-state index contributed by atoms with van der Waals surface area (Å²) in [6.07, 6.45) is 0. The fraction of sp³-hybridized carbons (Fsp3) is 0.222. The van der Waals surface area contributed by atoms with Crippen LogP contribution in [0.5, 0.6) is 5.75 Å². The highest BCUT2D eigenvalue weighted by molar-refractivity contribution is 9.09. The van der Waals surface area contributed by atoms with Crippen LogP contribution in [0.25, 0.3) is 0 Å². The summed E-state index contributed by atoms with van der Waals surface area (Å²) in [5.41, 5.74) is -0.0671. The van der Waals surface area contributed by atoms with Crippen LogP contribution in [0.4, 0.5) is 0 Å². The van der Waals surface area contributed by atoms with E-state index in [0.29, 0.717) is 0 Å². The van der Waals surface area contributed by atoms with Gasteiger partial charge in [-0.1, -0.05) is 35.0 Å². The molecule has 0 fully saturated rings. The van der Waals surface area contributed by atoms with Gasteiger partial charge in [-0.2, -0.15) is 0 Å². The van der Waals surface area contributed by atoms with E-state index in [4.69, 9.17) is 10.2 Å². The molecule has 0 atom stereocenters. The smallest absolute Gasteiger partial charge is 0.339 e. The predicted molar refractivity (Wildman–Crippen MR) is 54.5 cm³/mol. The van der Waals surface area contributed by atoms with Crippen LogP contribution in [0.1, 0.15) is 17.3 Å². The van der Waals surface area contributed by atoms with Crippen LogP contribution in [-0.4, -0.2) is 21.5 Å². The number of alkyl halides is 1. The average Bonchev–Trinajstić information content (AvgIpc) is 2.06. The Morgan fingerprint density at radius 2 is 1.92 bits per heavy atom. The molecule has 0 aliphatic carbocycles. The summed E-state index contributed by atoms with van der Waals surface area (Å²) < 4.78 is 0. The summed E-state index contributed by atoms with van der Waals surface area (Å²) in [5, 5.41) is 18.4. The lowest BCUT2D eigenvalue weighted by molar-refractivity contribution is 0.0694. The molecule has 0 amide bonds. The molecule has 0 aromatic heterocycles. The maximum absolute atomic E-state index is 10.3. The standard InChI is InChI=1S/C7H6O3.C2H5Br/c8-6-4-2-1-3-5(6)7(9)10;1-2-3/h1-4,8H,(H,9,10);2H2,1H3. The molecular formula is C9H11BrO3. The molecule has 0 saturated carbocycles. The van der Waals surface area contributed by atoms with Crippen LogP contribution in [0.3, 0.4) is 0 Å². The van der Waals surface area contributed by atoms with Gasteiger partial charge >= 0.3 is 5.97 Å². The number of hydrogen-bond acceptors (Lipinski definition) is 2. The highest BCUT2D eigenvalue weighted by Gasteiger charge is 2.05. The van der Waals surface area contributed by atoms with E-state index < -0.39 is 5.97 Å². The first-order valence-corrected chi connectivity index (χ1v) is 4.82. The van der Waals surface area contributed by atoms with Gasteiger partial charge in [0.2, 0.25) is 0 Å². The maximum atomic E-state index is 10.3. The third kappa shape index (κ3) is 4.52. The normalized spacial score (nSPS) is 8.46. The van der Waals surface area contributed by atoms with Crippen LogP contribution in [0.2, 0.25) is 0 Å². The predicted octanol–water partition coefficient (Wildman–Crippen LogP) is 2.49. The van der Waals surface area contributed by atoms with Gasteiger partial charge in [0.15, 0.2) is 0 Å². The van der Waals surface area contributed by atoms with Crippen molar-refractivity contribution in [1.29, 1.82) is 0 Å². The van der Waals surface area contributed by atoms with Gasteiger partial charge in [-0.15, -0.1) is 0 Å². The van der Waals surface area contributed by atoms with Crippen molar-refractivity contribution in [3.05, 3.63) is 29.8 Å². The van der Waals surface area contributed by atoms with E-state index in [1.165, 1.54) is 12.1 Å². The fourth-order valence-corrected chi connectivity index (χ4v) is 0.654. The molecule has 4 heteroatoms. The molecule has 1 aromatic carbocycles. The van der Waals surface area contributed by atoms with Gasteiger partial charge in [-0.25, -0.2) is 4.79 Å². The molecular weight excluding hydrogens is 236 g/mol. The van der Waals surface area contributed by atoms with Crippen molar-refractivity contribution in [3.63, 3.8) is 0 Å². The Labute approximate surface area is 85.1 Å². The van der Waals surface area contributed by atoms with E-state index in [-0.39, 0.29) is 11.3 Å². The zero-order valence-corrected chi connectivity index (χ0v) is 8.78. The molecule has 0 bridgehead atoms. The highest BCUT2D eigenvalue weighted by Crippen LogP contribution is 2.14. The second-order valence-electron chi connectivity index (χ2n) is 2.09. The molecule has 0 aliphatic heterocycles. The lowest BCUT2D eigenvalue weighted by atomic mass is 10.2. The van der Waals surface area contributed by atoms with Crippen molar-refractivity contribution >= 4 is 21.9 Å². The number of benzene rings is 1. The number of halogens is 1. The number of aromatic carboxylic acids is 1. The number of rotatable bonds is 1. The number of carboxylic acid groups (broad SMARTS) is 1. The minimum atomic E-state index is -1.11. The van der Waals surface area contributed by atoms with E-state index in [2.05, 4.69) is 15.9 Å². The second-order valence-corrected chi connectivity index (χ2v) is 3.21. The maximum Gasteiger partial charge on any atom is 0.339 e. The van der Waals surface area contributed by atoms with Gasteiger partial charge in [0.05, 0.1) is 0 Å². The van der Waals surface area contributed by atoms with Gasteiger partial charge in [-0.3, -0.25) is 0 Å². The van der Waals surface area contributed by atoms with Crippen LogP contribution < -0.4 is 0 Å². The monoisotopic (exact) mass is 246 g/mol. The number of carbonyl (C=O) groups is 1. The molecule has 0 unspecified atom stereocenters. The summed E-state index contributed by atoms with van der Waals surface area (Å²) in [5.74, 6) is -1.31. The third-order valence-electron chi connectivity index (χ3n) is 1.13. The Bertz CT molecular complexity index is 273. The third-order valence-corrected chi connectivity index (χ3v) is 1.13. The molecule has 1 rings (SSSR count). The Morgan fingerprint density at radius 1 is 1.46 bits per heavy atom. The Hall–Kier alpha value is -1.03. The first-order chi connectivity index (χ1) is 6.13. The van der Waals surface area contributed by atoms with Gasteiger partial charge in [0.25, 0.3) is 0 Å². The summed E-state index contributed by atoms with van der Waals surface area (Å²) in [4.78, 5) is 10.3. The lowest BCUT2D eigenvalue weighted by Crippen LogP contribution is -1.95. The Kier molecular flexibility index (Phi) is 5.97. The van der Waals surface area contributed by atoms with E-state index >= 15 is 0 Å². The molecule has 13 heavy (non-hydrogen) atoms. The highest BCUT2D eigenvalue weighted by atomic mass is 79.9. The quantitative estimate of drug-likeness (QED) is 0.749. The van der Waals surface area contributed by atoms with Gasteiger partial charge < -0.3 is 10.2 Å². The number of phenols is 1. The number of aromatic hydroxyl groups is 1. The first-order valence-electron chi connectivity index (χ1n) is 3.70. The minimum Gasteiger partial charge on any atom is -0.507 e. The van der Waals surface area contributed by atoms with Gasteiger partial charge in [0.1, 0.15) is 11.3 Å². The molecule has 0 heterocycles. The molecule has 3 nitrogen and oxygen atoms in total. The molecule has 2 N–H and O–H groups in total. The topological polar surface area (TPSA) is 57.5 Å². The van der Waals surface area contributed by atoms with E-state index in [1.807, 2.05) is 6.92 Å². The number of para-hydroxylation sites is 1. The van der Waals surface area contributed by atoms with Gasteiger partial charge in [-0.05, 0) is 12.1 Å². The van der Waals surface area contributed by atoms with Crippen molar-refractivity contribution in [2.24, 2.45) is 0 Å². The number of hydrogen-bond donors (Lipinski definition) is 2. The second kappa shape index (κ2) is 6.48. The summed E-state index contributed by atoms with van der Waals surface area (Å²) >= 11 is 3.15. The van der Waals surface area contributed by atoms with E-state index in [9.17, 15) is 4.79 Å². The Balaban J connectivity index is 0.000000424. The molecule has 0 radical (unpaired) electrons. The molecule has 1 aromatic rings. The van der Waals surface area contributed by atoms with Crippen molar-refractivity contribution < 1.29 is 15.0 Å². The van der Waals surface area contributed by atoms with Crippen molar-refractivity contribution in [1.82, 2.24) is 0 Å². The SMILES string of the molecule is CCBr.O=C(O)c1ccccc1O. The van der Waals surface area contributed by atoms with Crippen molar-refractivity contribution in [3.8, 4) is 5.75 Å². The molecule has 0 saturated heterocycles. The largest absolute Gasteiger partial charge is 0.507 e. The average molecular weight is 247 g/mol. The van der Waals surface area contributed by atoms with Crippen LogP contribution in [-0.2, 0) is 0 Å². The van der Waals surface area contributed by atoms with Gasteiger partial charge in [0, 0.05) is 5.33 Å². The zero-order valence-electron chi connectivity index (χ0n) is 7.20. The van der Waals surface area contributed by atoms with Crippen LogP contribution in [0.15, 0.2) is 24.3 Å². The zero-order chi connectivity index (χ0) is 10.3. The lowest BCUT2D eigenvalue weighted by Gasteiger charge is -1.95. The minimum absolute atomic E-state index is 0.0671. The van der Waals surface area contributed by atoms with E-state index in [0.717, 1.165) is 5.33 Å². The van der Waals surface area contributed by atoms with Crippen molar-refractivity contribution in [2.45, 2.75) is 6.92 Å². The number of carboxylic acids is 1. The first kappa shape index (κ1) is 12.0. The molecule has 0 aliphatic rings. The van der Waals surface area contributed by atoms with E-state index in [1.54, 1.807) is 12.1 Å². The van der Waals surface area contributed by atoms with Crippen LogP contribution >= 0.6 is 15.9 Å². The summed E-state index contributed by atoms with van der Waals surface area (Å²) in [6, 6.07) is 5.81. The molecule has 72 valence electrons. The van der Waals surface area contributed by atoms with Crippen molar-refractivity contribution in [2.75, 3.05) is 5.33 Å². The molecule has 0 spiro atoms. The fourth-order valence-electron chi connectivity index (χ4n) is 0.654. The summed E-state index contributed by atoms with van der Waals surface area (Å²) in [6.45, 7) is 2.04. The summed E-state index contributed by atoms with van der Waals surface area (Å²) in [7, 11) is 0. The van der Waals surface area contributed by atoms with Crippen LogP contribution in [0, 0.1) is 0 Å².